The van der Waals surface area contributed by atoms with Gasteiger partial charge < -0.3 is 10.1 Å². The van der Waals surface area contributed by atoms with Crippen molar-refractivity contribution in [1.29, 1.82) is 0 Å². The van der Waals surface area contributed by atoms with Crippen LogP contribution in [-0.4, -0.2) is 17.6 Å². The third kappa shape index (κ3) is 4.70. The summed E-state index contributed by atoms with van der Waals surface area (Å²) in [4.78, 5) is 16.1. The van der Waals surface area contributed by atoms with Crippen molar-refractivity contribution < 1.29 is 9.53 Å². The highest BCUT2D eigenvalue weighted by Gasteiger charge is 2.02. The first-order valence-electron chi connectivity index (χ1n) is 8.69. The molecule has 0 aliphatic heterocycles. The van der Waals surface area contributed by atoms with E-state index in [4.69, 9.17) is 4.74 Å². The molecule has 0 spiro atoms. The van der Waals surface area contributed by atoms with E-state index in [1.165, 1.54) is 0 Å². The minimum absolute atomic E-state index is 0.284. The van der Waals surface area contributed by atoms with E-state index >= 15 is 0 Å². The summed E-state index contributed by atoms with van der Waals surface area (Å²) in [6, 6.07) is 17.8. The van der Waals surface area contributed by atoms with Gasteiger partial charge in [-0.25, -0.2) is 4.79 Å². The van der Waals surface area contributed by atoms with Gasteiger partial charge in [0.25, 0.3) is 0 Å². The lowest BCUT2D eigenvalue weighted by atomic mass is 10.0. The largest absolute Gasteiger partial charge is 0.445 e. The summed E-state index contributed by atoms with van der Waals surface area (Å²) in [5.41, 5.74) is 4.30. The number of alkyl carbamates (subject to hydrolysis) is 1. The molecule has 4 heteroatoms. The fourth-order valence-corrected chi connectivity index (χ4v) is 2.73. The third-order valence-electron chi connectivity index (χ3n) is 4.16. The smallest absolute Gasteiger partial charge is 0.407 e. The Hall–Kier alpha value is -3.14. The molecule has 1 amide bonds. The second-order valence-corrected chi connectivity index (χ2v) is 6.03. The van der Waals surface area contributed by atoms with Crippen LogP contribution >= 0.6 is 0 Å². The summed E-state index contributed by atoms with van der Waals surface area (Å²) in [5.74, 6) is 0. The molecule has 0 radical (unpaired) electrons. The highest BCUT2D eigenvalue weighted by molar-refractivity contribution is 5.84. The molecule has 0 aliphatic rings. The number of rotatable bonds is 6. The maximum Gasteiger partial charge on any atom is 0.407 e. The Kier molecular flexibility index (Phi) is 5.99. The lowest BCUT2D eigenvalue weighted by molar-refractivity contribution is 0.140. The molecule has 0 unspecified atom stereocenters. The Morgan fingerprint density at radius 1 is 1.12 bits per heavy atom. The van der Waals surface area contributed by atoms with Crippen molar-refractivity contribution in [3.8, 4) is 0 Å². The van der Waals surface area contributed by atoms with Crippen molar-refractivity contribution >= 4 is 23.1 Å². The number of carbonyl (C=O) groups excluding carboxylic acids is 1. The van der Waals surface area contributed by atoms with E-state index in [1.807, 2.05) is 42.6 Å². The van der Waals surface area contributed by atoms with E-state index in [-0.39, 0.29) is 6.61 Å². The zero-order chi connectivity index (χ0) is 18.2. The van der Waals surface area contributed by atoms with E-state index in [2.05, 4.69) is 47.6 Å². The van der Waals surface area contributed by atoms with Crippen molar-refractivity contribution in [3.63, 3.8) is 0 Å². The Bertz CT molecular complexity index is 904. The molecule has 0 atom stereocenters. The van der Waals surface area contributed by atoms with Gasteiger partial charge in [-0.1, -0.05) is 60.7 Å². The highest BCUT2D eigenvalue weighted by atomic mass is 16.5. The summed E-state index contributed by atoms with van der Waals surface area (Å²) < 4.78 is 5.18. The molecule has 0 aliphatic carbocycles. The number of benzene rings is 2. The second kappa shape index (κ2) is 8.81. The molecular formula is C22H22N2O2. The monoisotopic (exact) mass is 346 g/mol. The van der Waals surface area contributed by atoms with E-state index in [9.17, 15) is 4.79 Å². The van der Waals surface area contributed by atoms with Crippen LogP contribution in [0.15, 0.2) is 66.9 Å². The number of aryl methyl sites for hydroxylation is 1. The first-order valence-corrected chi connectivity index (χ1v) is 8.69. The number of carbonyl (C=O) groups is 1. The SMILES string of the molecule is Cc1c(C=CCCNC(=O)OCc2ccccc2)ccc2cccnc12. The van der Waals surface area contributed by atoms with Gasteiger partial charge in [0.15, 0.2) is 0 Å². The van der Waals surface area contributed by atoms with Crippen molar-refractivity contribution in [1.82, 2.24) is 10.3 Å². The van der Waals surface area contributed by atoms with Crippen LogP contribution < -0.4 is 5.32 Å². The number of nitrogens with zero attached hydrogens (tertiary/aromatic N) is 1. The highest BCUT2D eigenvalue weighted by Crippen LogP contribution is 2.20. The van der Waals surface area contributed by atoms with Gasteiger partial charge >= 0.3 is 6.09 Å². The average molecular weight is 346 g/mol. The maximum absolute atomic E-state index is 11.7. The van der Waals surface area contributed by atoms with Crippen molar-refractivity contribution in [2.24, 2.45) is 0 Å². The van der Waals surface area contributed by atoms with E-state index in [0.29, 0.717) is 6.54 Å². The fourth-order valence-electron chi connectivity index (χ4n) is 2.73. The summed E-state index contributed by atoms with van der Waals surface area (Å²) in [5, 5.41) is 3.90. The van der Waals surface area contributed by atoms with Gasteiger partial charge in [-0.05, 0) is 36.1 Å². The van der Waals surface area contributed by atoms with E-state index in [1.54, 1.807) is 0 Å². The van der Waals surface area contributed by atoms with Gasteiger partial charge in [0, 0.05) is 18.1 Å². The Morgan fingerprint density at radius 3 is 2.81 bits per heavy atom. The molecule has 3 aromatic rings. The van der Waals surface area contributed by atoms with Crippen molar-refractivity contribution in [3.05, 3.63) is 83.6 Å². The van der Waals surface area contributed by atoms with Gasteiger partial charge in [0.05, 0.1) is 5.52 Å². The predicted octanol–water partition coefficient (Wildman–Crippen LogP) is 4.87. The fraction of sp³-hybridized carbons (Fsp3) is 0.182. The Labute approximate surface area is 153 Å². The van der Waals surface area contributed by atoms with Crippen LogP contribution in [0.2, 0.25) is 0 Å². The standard InChI is InChI=1S/C22H22N2O2/c1-17-19(12-13-20-11-7-15-23-21(17)20)10-5-6-14-24-22(25)26-16-18-8-3-2-4-9-18/h2-5,7-13,15H,6,14,16H2,1H3,(H,24,25). The van der Waals surface area contributed by atoms with Crippen molar-refractivity contribution in [2.75, 3.05) is 6.54 Å². The van der Waals surface area contributed by atoms with Crippen LogP contribution in [0.4, 0.5) is 4.79 Å². The number of ether oxygens (including phenoxy) is 1. The van der Waals surface area contributed by atoms with E-state index in [0.717, 1.165) is 34.0 Å². The molecule has 132 valence electrons. The lowest BCUT2D eigenvalue weighted by Gasteiger charge is -2.06. The van der Waals surface area contributed by atoms with Crippen LogP contribution in [0, 0.1) is 6.92 Å². The number of nitrogens with one attached hydrogen (secondary N) is 1. The van der Waals surface area contributed by atoms with Crippen LogP contribution in [0.5, 0.6) is 0 Å². The number of fused-ring (bicyclic) bond motifs is 1. The summed E-state index contributed by atoms with van der Waals surface area (Å²) >= 11 is 0. The molecule has 26 heavy (non-hydrogen) atoms. The minimum Gasteiger partial charge on any atom is -0.445 e. The number of hydrogen-bond acceptors (Lipinski definition) is 3. The molecule has 3 rings (SSSR count). The summed E-state index contributed by atoms with van der Waals surface area (Å²) in [6.45, 7) is 2.90. The molecule has 1 aromatic heterocycles. The predicted molar refractivity (Wildman–Crippen MR) is 105 cm³/mol. The normalized spacial score (nSPS) is 11.0. The number of hydrogen-bond donors (Lipinski definition) is 1. The zero-order valence-electron chi connectivity index (χ0n) is 14.8. The minimum atomic E-state index is -0.395. The Morgan fingerprint density at radius 2 is 1.96 bits per heavy atom. The second-order valence-electron chi connectivity index (χ2n) is 6.03. The van der Waals surface area contributed by atoms with Crippen molar-refractivity contribution in [2.45, 2.75) is 20.0 Å². The van der Waals surface area contributed by atoms with Gasteiger partial charge in [0.2, 0.25) is 0 Å². The summed E-state index contributed by atoms with van der Waals surface area (Å²) in [7, 11) is 0. The van der Waals surface area contributed by atoms with Gasteiger partial charge in [-0.2, -0.15) is 0 Å². The first-order chi connectivity index (χ1) is 12.7. The number of aromatic nitrogens is 1. The molecule has 0 saturated heterocycles. The van der Waals surface area contributed by atoms with Crippen LogP contribution in [0.25, 0.3) is 17.0 Å². The zero-order valence-corrected chi connectivity index (χ0v) is 14.8. The van der Waals surface area contributed by atoms with Crippen LogP contribution in [-0.2, 0) is 11.3 Å². The van der Waals surface area contributed by atoms with Gasteiger partial charge in [-0.3, -0.25) is 4.98 Å². The quantitative estimate of drug-likeness (QED) is 0.648. The molecule has 4 nitrogen and oxygen atoms in total. The molecular weight excluding hydrogens is 324 g/mol. The molecule has 2 aromatic carbocycles. The Balaban J connectivity index is 1.44. The molecule has 1 heterocycles. The third-order valence-corrected chi connectivity index (χ3v) is 4.16. The number of pyridine rings is 1. The summed E-state index contributed by atoms with van der Waals surface area (Å²) in [6.07, 6.45) is 6.27. The van der Waals surface area contributed by atoms with Crippen LogP contribution in [0.3, 0.4) is 0 Å². The first kappa shape index (κ1) is 17.7. The van der Waals surface area contributed by atoms with Crippen LogP contribution in [0.1, 0.15) is 23.1 Å². The molecule has 0 bridgehead atoms. The molecule has 0 fully saturated rings. The maximum atomic E-state index is 11.7. The average Bonchev–Trinajstić information content (AvgIpc) is 2.69. The molecule has 1 N–H and O–H groups in total. The van der Waals surface area contributed by atoms with Gasteiger partial charge in [0.1, 0.15) is 6.61 Å². The topological polar surface area (TPSA) is 51.2 Å². The number of amides is 1. The van der Waals surface area contributed by atoms with Gasteiger partial charge in [-0.15, -0.1) is 0 Å². The van der Waals surface area contributed by atoms with E-state index < -0.39 is 6.09 Å². The lowest BCUT2D eigenvalue weighted by Crippen LogP contribution is -2.24. The molecule has 0 saturated carbocycles.